The summed E-state index contributed by atoms with van der Waals surface area (Å²) in [6.45, 7) is 12.4. The van der Waals surface area contributed by atoms with Crippen LogP contribution in [0.5, 0.6) is 0 Å². The van der Waals surface area contributed by atoms with Crippen LogP contribution in [0.2, 0.25) is 0 Å². The number of halogens is 1. The molecule has 0 spiro atoms. The molecule has 1 fully saturated rings. The predicted molar refractivity (Wildman–Crippen MR) is 94.0 cm³/mol. The first-order valence-corrected chi connectivity index (χ1v) is 8.53. The van der Waals surface area contributed by atoms with E-state index < -0.39 is 0 Å². The Morgan fingerprint density at radius 1 is 1.30 bits per heavy atom. The van der Waals surface area contributed by atoms with Gasteiger partial charge in [0.2, 0.25) is 0 Å². The summed E-state index contributed by atoms with van der Waals surface area (Å²) in [6.07, 6.45) is 0. The number of aliphatic imine (C=N–C) groups is 1. The largest absolute Gasteiger partial charge is 0.357 e. The lowest BCUT2D eigenvalue weighted by molar-refractivity contribution is 0.265. The van der Waals surface area contributed by atoms with Crippen molar-refractivity contribution in [1.29, 1.82) is 0 Å². The van der Waals surface area contributed by atoms with Crippen molar-refractivity contribution >= 4 is 5.96 Å². The normalized spacial score (nSPS) is 22.6. The van der Waals surface area contributed by atoms with Gasteiger partial charge < -0.3 is 10.6 Å². The average Bonchev–Trinajstić information content (AvgIpc) is 2.88. The Morgan fingerprint density at radius 3 is 2.57 bits per heavy atom. The quantitative estimate of drug-likeness (QED) is 0.647. The van der Waals surface area contributed by atoms with Crippen molar-refractivity contribution in [2.24, 2.45) is 10.9 Å². The van der Waals surface area contributed by atoms with Crippen molar-refractivity contribution in [2.75, 3.05) is 19.6 Å². The molecule has 0 bridgehead atoms. The molecule has 2 unspecified atom stereocenters. The molecule has 0 amide bonds. The van der Waals surface area contributed by atoms with Crippen LogP contribution in [0.4, 0.5) is 4.39 Å². The number of likely N-dealkylation sites (tertiary alicyclic amines) is 1. The van der Waals surface area contributed by atoms with Gasteiger partial charge in [-0.15, -0.1) is 0 Å². The Hall–Kier alpha value is -1.62. The Labute approximate surface area is 139 Å². The SMILES string of the molecule is CCNC(=NCc1ccc(F)cc1)NC1CN(C(C)C)CC1C. The van der Waals surface area contributed by atoms with Crippen molar-refractivity contribution < 1.29 is 4.39 Å². The maximum atomic E-state index is 13.0. The van der Waals surface area contributed by atoms with Gasteiger partial charge in [-0.1, -0.05) is 19.1 Å². The molecule has 1 aromatic carbocycles. The second-order valence-electron chi connectivity index (χ2n) is 6.60. The molecule has 2 N–H and O–H groups in total. The molecule has 0 aromatic heterocycles. The fourth-order valence-corrected chi connectivity index (χ4v) is 2.87. The number of rotatable bonds is 5. The maximum Gasteiger partial charge on any atom is 0.191 e. The van der Waals surface area contributed by atoms with Gasteiger partial charge >= 0.3 is 0 Å². The van der Waals surface area contributed by atoms with Crippen LogP contribution >= 0.6 is 0 Å². The van der Waals surface area contributed by atoms with Gasteiger partial charge in [-0.05, 0) is 44.4 Å². The van der Waals surface area contributed by atoms with E-state index >= 15 is 0 Å². The highest BCUT2D eigenvalue weighted by molar-refractivity contribution is 5.80. The van der Waals surface area contributed by atoms with E-state index in [4.69, 9.17) is 0 Å². The lowest BCUT2D eigenvalue weighted by atomic mass is 10.1. The molecule has 23 heavy (non-hydrogen) atoms. The van der Waals surface area contributed by atoms with Crippen molar-refractivity contribution in [3.05, 3.63) is 35.6 Å². The van der Waals surface area contributed by atoms with Gasteiger partial charge in [-0.25, -0.2) is 9.38 Å². The van der Waals surface area contributed by atoms with E-state index in [1.54, 1.807) is 12.1 Å². The summed E-state index contributed by atoms with van der Waals surface area (Å²) in [5.41, 5.74) is 1.01. The van der Waals surface area contributed by atoms with E-state index in [1.165, 1.54) is 12.1 Å². The van der Waals surface area contributed by atoms with Crippen LogP contribution in [-0.2, 0) is 6.54 Å². The van der Waals surface area contributed by atoms with Crippen molar-refractivity contribution in [1.82, 2.24) is 15.5 Å². The predicted octanol–water partition coefficient (Wildman–Crippen LogP) is 2.61. The minimum absolute atomic E-state index is 0.212. The van der Waals surface area contributed by atoms with Crippen LogP contribution in [0.1, 0.15) is 33.3 Å². The molecule has 1 aromatic rings. The van der Waals surface area contributed by atoms with Gasteiger partial charge in [0.05, 0.1) is 6.54 Å². The minimum atomic E-state index is -0.212. The molecule has 0 radical (unpaired) electrons. The lowest BCUT2D eigenvalue weighted by Gasteiger charge is -2.22. The van der Waals surface area contributed by atoms with E-state index in [1.807, 2.05) is 0 Å². The van der Waals surface area contributed by atoms with Crippen LogP contribution in [-0.4, -0.2) is 42.6 Å². The maximum absolute atomic E-state index is 13.0. The molecule has 128 valence electrons. The molecular formula is C18H29FN4. The highest BCUT2D eigenvalue weighted by Crippen LogP contribution is 2.18. The number of benzene rings is 1. The Bertz CT molecular complexity index is 512. The summed E-state index contributed by atoms with van der Waals surface area (Å²) < 4.78 is 13.0. The number of hydrogen-bond acceptors (Lipinski definition) is 2. The Balaban J connectivity index is 1.97. The summed E-state index contributed by atoms with van der Waals surface area (Å²) >= 11 is 0. The van der Waals surface area contributed by atoms with Crippen molar-refractivity contribution in [3.63, 3.8) is 0 Å². The third-order valence-corrected chi connectivity index (χ3v) is 4.37. The molecule has 0 aliphatic carbocycles. The molecule has 1 aliphatic heterocycles. The molecule has 4 nitrogen and oxygen atoms in total. The zero-order chi connectivity index (χ0) is 16.8. The van der Waals surface area contributed by atoms with Crippen LogP contribution in [0.15, 0.2) is 29.3 Å². The van der Waals surface area contributed by atoms with Gasteiger partial charge in [0.15, 0.2) is 5.96 Å². The first kappa shape index (κ1) is 17.7. The van der Waals surface area contributed by atoms with E-state index in [2.05, 4.69) is 48.2 Å². The number of nitrogens with one attached hydrogen (secondary N) is 2. The van der Waals surface area contributed by atoms with Crippen LogP contribution in [0.25, 0.3) is 0 Å². The number of hydrogen-bond donors (Lipinski definition) is 2. The minimum Gasteiger partial charge on any atom is -0.357 e. The fourth-order valence-electron chi connectivity index (χ4n) is 2.87. The molecule has 0 saturated carbocycles. The zero-order valence-corrected chi connectivity index (χ0v) is 14.6. The third-order valence-electron chi connectivity index (χ3n) is 4.37. The van der Waals surface area contributed by atoms with E-state index in [0.29, 0.717) is 24.5 Å². The summed E-state index contributed by atoms with van der Waals surface area (Å²) in [5, 5.41) is 6.86. The summed E-state index contributed by atoms with van der Waals surface area (Å²) in [5.74, 6) is 1.21. The summed E-state index contributed by atoms with van der Waals surface area (Å²) in [4.78, 5) is 7.13. The van der Waals surface area contributed by atoms with Gasteiger partial charge in [-0.3, -0.25) is 4.90 Å². The average molecular weight is 320 g/mol. The summed E-state index contributed by atoms with van der Waals surface area (Å²) in [7, 11) is 0. The van der Waals surface area contributed by atoms with Gasteiger partial charge in [0.1, 0.15) is 5.82 Å². The number of nitrogens with zero attached hydrogens (tertiary/aromatic N) is 2. The smallest absolute Gasteiger partial charge is 0.191 e. The molecule has 1 saturated heterocycles. The van der Waals surface area contributed by atoms with E-state index in [-0.39, 0.29) is 5.82 Å². The van der Waals surface area contributed by atoms with Gasteiger partial charge in [0.25, 0.3) is 0 Å². The lowest BCUT2D eigenvalue weighted by Crippen LogP contribution is -2.46. The van der Waals surface area contributed by atoms with E-state index in [0.717, 1.165) is 31.2 Å². The number of guanidine groups is 1. The van der Waals surface area contributed by atoms with Crippen molar-refractivity contribution in [3.8, 4) is 0 Å². The van der Waals surface area contributed by atoms with Gasteiger partial charge in [0, 0.05) is 31.7 Å². The zero-order valence-electron chi connectivity index (χ0n) is 14.6. The second-order valence-corrected chi connectivity index (χ2v) is 6.60. The van der Waals surface area contributed by atoms with Crippen LogP contribution in [0, 0.1) is 11.7 Å². The molecular weight excluding hydrogens is 291 g/mol. The highest BCUT2D eigenvalue weighted by Gasteiger charge is 2.31. The van der Waals surface area contributed by atoms with Gasteiger partial charge in [-0.2, -0.15) is 0 Å². The highest BCUT2D eigenvalue weighted by atomic mass is 19.1. The molecule has 1 heterocycles. The molecule has 2 atom stereocenters. The Kier molecular flexibility index (Phi) is 6.39. The fraction of sp³-hybridized carbons (Fsp3) is 0.611. The van der Waals surface area contributed by atoms with E-state index in [9.17, 15) is 4.39 Å². The monoisotopic (exact) mass is 320 g/mol. The van der Waals surface area contributed by atoms with Crippen LogP contribution < -0.4 is 10.6 Å². The summed E-state index contributed by atoms with van der Waals surface area (Å²) in [6, 6.07) is 7.49. The molecule has 5 heteroatoms. The first-order chi connectivity index (χ1) is 11.0. The Morgan fingerprint density at radius 2 is 2.00 bits per heavy atom. The van der Waals surface area contributed by atoms with Crippen LogP contribution in [0.3, 0.4) is 0 Å². The first-order valence-electron chi connectivity index (χ1n) is 8.53. The molecule has 2 rings (SSSR count). The third kappa shape index (κ3) is 5.20. The topological polar surface area (TPSA) is 39.7 Å². The van der Waals surface area contributed by atoms with Crippen molar-refractivity contribution in [2.45, 2.75) is 46.3 Å². The molecule has 1 aliphatic rings. The second kappa shape index (κ2) is 8.29. The standard InChI is InChI=1S/C18H29FN4/c1-5-20-18(21-10-15-6-8-16(19)9-7-15)22-17-12-23(13(2)3)11-14(17)4/h6-9,13-14,17H,5,10-12H2,1-4H3,(H2,20,21,22).